The Kier molecular flexibility index (Phi) is 7.04. The zero-order valence-electron chi connectivity index (χ0n) is 26.5. The molecule has 3 N–H and O–H groups in total. The Morgan fingerprint density at radius 3 is 2.25 bits per heavy atom. The van der Waals surface area contributed by atoms with E-state index >= 15 is 0 Å². The minimum Gasteiger partial charge on any atom is -0.333 e. The van der Waals surface area contributed by atoms with E-state index in [0.29, 0.717) is 0 Å². The van der Waals surface area contributed by atoms with Crippen LogP contribution in [0.25, 0.3) is 34.8 Å². The molecule has 0 fully saturated rings. The molecule has 6 aromatic rings. The second-order valence-electron chi connectivity index (χ2n) is 12.8. The molecule has 0 saturated carbocycles. The lowest BCUT2D eigenvalue weighted by atomic mass is 9.90. The minimum atomic E-state index is -0.323. The molecule has 4 unspecified atom stereocenters. The summed E-state index contributed by atoms with van der Waals surface area (Å²) in [5.74, 6) is 0.244. The summed E-state index contributed by atoms with van der Waals surface area (Å²) in [6.07, 6.45) is 15.4. The fraction of sp³-hybridized carbons (Fsp3) is 0.0909. The molecule has 1 aromatic heterocycles. The van der Waals surface area contributed by atoms with Crippen molar-refractivity contribution in [1.82, 2.24) is 9.88 Å². The summed E-state index contributed by atoms with van der Waals surface area (Å²) in [6, 6.07) is 47.7. The summed E-state index contributed by atoms with van der Waals surface area (Å²) in [6.45, 7) is 0. The van der Waals surface area contributed by atoms with Gasteiger partial charge in [0.2, 0.25) is 0 Å². The second-order valence-corrected chi connectivity index (χ2v) is 12.8. The molecule has 3 aliphatic rings. The zero-order chi connectivity index (χ0) is 32.0. The highest BCUT2D eigenvalue weighted by atomic mass is 15.2. The van der Waals surface area contributed by atoms with Crippen molar-refractivity contribution >= 4 is 40.5 Å². The normalized spacial score (nSPS) is 20.6. The van der Waals surface area contributed by atoms with E-state index in [-0.39, 0.29) is 24.2 Å². The van der Waals surface area contributed by atoms with E-state index < -0.39 is 0 Å². The molecule has 0 saturated heterocycles. The van der Waals surface area contributed by atoms with Gasteiger partial charge in [-0.2, -0.15) is 0 Å². The number of fused-ring (bicyclic) bond motifs is 6. The number of aromatic nitrogens is 1. The van der Waals surface area contributed by atoms with Crippen molar-refractivity contribution in [2.75, 3.05) is 4.90 Å². The number of nitrogens with two attached hydrogens (primary N) is 1. The summed E-state index contributed by atoms with van der Waals surface area (Å²) in [5, 5.41) is 7.49. The number of anilines is 2. The van der Waals surface area contributed by atoms with Gasteiger partial charge < -0.3 is 15.2 Å². The van der Waals surface area contributed by atoms with Gasteiger partial charge in [-0.3, -0.25) is 5.32 Å². The van der Waals surface area contributed by atoms with Crippen molar-refractivity contribution in [3.05, 3.63) is 191 Å². The molecular weight excluding hydrogens is 585 g/mol. The third-order valence-corrected chi connectivity index (χ3v) is 9.95. The fourth-order valence-corrected chi connectivity index (χ4v) is 7.71. The molecule has 4 atom stereocenters. The molecule has 232 valence electrons. The van der Waals surface area contributed by atoms with Crippen LogP contribution in [0.2, 0.25) is 0 Å². The number of nitrogens with one attached hydrogen (secondary N) is 1. The van der Waals surface area contributed by atoms with Crippen LogP contribution in [0.1, 0.15) is 28.8 Å². The average Bonchev–Trinajstić information content (AvgIpc) is 3.64. The smallest absolute Gasteiger partial charge is 0.0817 e. The summed E-state index contributed by atoms with van der Waals surface area (Å²) in [4.78, 5) is 2.50. The molecule has 4 nitrogen and oxygen atoms in total. The number of benzene rings is 5. The maximum atomic E-state index is 6.81. The lowest BCUT2D eigenvalue weighted by molar-refractivity contribution is 0.534. The Bertz CT molecular complexity index is 2350. The zero-order valence-corrected chi connectivity index (χ0v) is 26.5. The molecule has 4 heteroatoms. The lowest BCUT2D eigenvalue weighted by Gasteiger charge is -2.29. The van der Waals surface area contributed by atoms with Gasteiger partial charge >= 0.3 is 0 Å². The molecule has 0 radical (unpaired) electrons. The third kappa shape index (κ3) is 4.85. The van der Waals surface area contributed by atoms with E-state index in [9.17, 15) is 0 Å². The van der Waals surface area contributed by atoms with Gasteiger partial charge in [-0.1, -0.05) is 127 Å². The summed E-state index contributed by atoms with van der Waals surface area (Å²) in [5.41, 5.74) is 16.4. The van der Waals surface area contributed by atoms with Gasteiger partial charge in [-0.15, -0.1) is 0 Å². The molecule has 0 bridgehead atoms. The van der Waals surface area contributed by atoms with Gasteiger partial charge in [0.05, 0.1) is 29.1 Å². The van der Waals surface area contributed by atoms with E-state index in [1.807, 2.05) is 6.07 Å². The van der Waals surface area contributed by atoms with E-state index in [1.54, 1.807) is 0 Å². The molecular formula is C44H36N4. The van der Waals surface area contributed by atoms with Crippen molar-refractivity contribution in [1.29, 1.82) is 0 Å². The van der Waals surface area contributed by atoms with Crippen LogP contribution in [0.5, 0.6) is 0 Å². The number of hydrogen-bond acceptors (Lipinski definition) is 3. The van der Waals surface area contributed by atoms with Crippen LogP contribution in [0, 0.1) is 0 Å². The molecule has 5 aromatic carbocycles. The molecule has 1 aliphatic heterocycles. The SMILES string of the molecule is NC(NC1C=CC=C/C1=C\c1ccccc1)c1ccc(N2c3ccccc3C3C=c4c(n(-c5ccccc5)c5ccccc45)=CC32)cc1. The highest BCUT2D eigenvalue weighted by Crippen LogP contribution is 2.47. The topological polar surface area (TPSA) is 46.2 Å². The Morgan fingerprint density at radius 1 is 0.688 bits per heavy atom. The summed E-state index contributed by atoms with van der Waals surface area (Å²) < 4.78 is 2.42. The highest BCUT2D eigenvalue weighted by Gasteiger charge is 2.38. The van der Waals surface area contributed by atoms with Gasteiger partial charge in [0.25, 0.3) is 0 Å². The van der Waals surface area contributed by atoms with Gasteiger partial charge in [-0.05, 0) is 70.8 Å². The Labute approximate surface area is 280 Å². The van der Waals surface area contributed by atoms with Gasteiger partial charge in [0.1, 0.15) is 0 Å². The van der Waals surface area contributed by atoms with Crippen molar-refractivity contribution < 1.29 is 0 Å². The second kappa shape index (κ2) is 11.8. The van der Waals surface area contributed by atoms with Gasteiger partial charge in [-0.25, -0.2) is 0 Å². The Morgan fingerprint density at radius 2 is 1.42 bits per heavy atom. The standard InChI is InChI=1S/C44H36N4/c45-44(46-39-20-10-7-15-32(39)27-30-13-3-1-4-14-30)31-23-25-34(26-24-31)48-41-22-12-9-19-36(41)38-28-37-35-18-8-11-21-40(35)47(42(37)29-43(38)48)33-16-5-2-6-17-33/h1-29,38-39,43-44,46H,45H2/b32-27+. The van der Waals surface area contributed by atoms with Crippen molar-refractivity contribution in [3.8, 4) is 5.69 Å². The van der Waals surface area contributed by atoms with Gasteiger partial charge in [0.15, 0.2) is 0 Å². The van der Waals surface area contributed by atoms with Crippen molar-refractivity contribution in [2.45, 2.75) is 24.2 Å². The van der Waals surface area contributed by atoms with Gasteiger partial charge in [0, 0.05) is 33.6 Å². The van der Waals surface area contributed by atoms with E-state index in [4.69, 9.17) is 5.73 Å². The molecule has 0 spiro atoms. The van der Waals surface area contributed by atoms with Crippen molar-refractivity contribution in [2.24, 2.45) is 5.73 Å². The maximum Gasteiger partial charge on any atom is 0.0817 e. The van der Waals surface area contributed by atoms with E-state index in [1.165, 1.54) is 49.5 Å². The molecule has 48 heavy (non-hydrogen) atoms. The number of hydrogen-bond donors (Lipinski definition) is 2. The first-order valence-corrected chi connectivity index (χ1v) is 16.7. The van der Waals surface area contributed by atoms with Crippen LogP contribution in [-0.4, -0.2) is 16.7 Å². The molecule has 0 amide bonds. The Balaban J connectivity index is 1.07. The van der Waals surface area contributed by atoms with Crippen LogP contribution >= 0.6 is 0 Å². The van der Waals surface area contributed by atoms with Crippen molar-refractivity contribution in [3.63, 3.8) is 0 Å². The fourth-order valence-electron chi connectivity index (χ4n) is 7.71. The predicted molar refractivity (Wildman–Crippen MR) is 200 cm³/mol. The largest absolute Gasteiger partial charge is 0.333 e. The first-order chi connectivity index (χ1) is 23.7. The Hall–Kier alpha value is -5.68. The quantitative estimate of drug-likeness (QED) is 0.188. The number of allylic oxidation sites excluding steroid dienone is 2. The first kappa shape index (κ1) is 28.5. The van der Waals surface area contributed by atoms with E-state index in [0.717, 1.165) is 11.3 Å². The van der Waals surface area contributed by atoms with Crippen LogP contribution < -0.4 is 26.5 Å². The van der Waals surface area contributed by atoms with Crippen LogP contribution in [0.15, 0.2) is 163 Å². The summed E-state index contributed by atoms with van der Waals surface area (Å²) >= 11 is 0. The number of para-hydroxylation sites is 3. The van der Waals surface area contributed by atoms with E-state index in [2.05, 4.69) is 185 Å². The number of nitrogens with zero attached hydrogens (tertiary/aromatic N) is 2. The van der Waals surface area contributed by atoms with Crippen LogP contribution in [0.4, 0.5) is 11.4 Å². The first-order valence-electron chi connectivity index (χ1n) is 16.7. The third-order valence-electron chi connectivity index (χ3n) is 9.95. The average molecular weight is 621 g/mol. The molecule has 9 rings (SSSR count). The molecule has 2 heterocycles. The predicted octanol–water partition coefficient (Wildman–Crippen LogP) is 7.63. The monoisotopic (exact) mass is 620 g/mol. The lowest BCUT2D eigenvalue weighted by Crippen LogP contribution is -2.40. The minimum absolute atomic E-state index is 0.0223. The van der Waals surface area contributed by atoms with Crippen LogP contribution in [0.3, 0.4) is 0 Å². The van der Waals surface area contributed by atoms with Crippen LogP contribution in [-0.2, 0) is 0 Å². The maximum absolute atomic E-state index is 6.81. The highest BCUT2D eigenvalue weighted by molar-refractivity contribution is 5.88. The summed E-state index contributed by atoms with van der Waals surface area (Å²) in [7, 11) is 0. The molecule has 2 aliphatic carbocycles. The number of rotatable bonds is 6.